The van der Waals surface area contributed by atoms with Gasteiger partial charge in [0.05, 0.1) is 17.5 Å². The van der Waals surface area contributed by atoms with Gasteiger partial charge in [0.15, 0.2) is 0 Å². The van der Waals surface area contributed by atoms with Crippen molar-refractivity contribution in [1.82, 2.24) is 0 Å². The molecule has 6 heteroatoms. The summed E-state index contributed by atoms with van der Waals surface area (Å²) in [4.78, 5) is 0. The largest absolute Gasteiger partial charge is 0.417 e. The van der Waals surface area contributed by atoms with Crippen LogP contribution in [-0.2, 0) is 6.18 Å². The Hall–Kier alpha value is -2.37. The van der Waals surface area contributed by atoms with Gasteiger partial charge in [-0.25, -0.2) is 4.39 Å². The highest BCUT2D eigenvalue weighted by Gasteiger charge is 2.32. The summed E-state index contributed by atoms with van der Waals surface area (Å²) in [5.74, 6) is -0.458. The van der Waals surface area contributed by atoms with E-state index >= 15 is 0 Å². The van der Waals surface area contributed by atoms with Crippen molar-refractivity contribution in [3.63, 3.8) is 0 Å². The number of hydrogen-bond donors (Lipinski definition) is 1. The van der Waals surface area contributed by atoms with E-state index < -0.39 is 17.6 Å². The van der Waals surface area contributed by atoms with Gasteiger partial charge in [-0.15, -0.1) is 0 Å². The summed E-state index contributed by atoms with van der Waals surface area (Å²) in [6.07, 6.45) is -3.39. The first-order chi connectivity index (χ1) is 9.47. The first-order valence-electron chi connectivity index (χ1n) is 5.68. The van der Waals surface area contributed by atoms with Gasteiger partial charge in [0.1, 0.15) is 5.82 Å². The lowest BCUT2D eigenvalue weighted by atomic mass is 10.1. The molecule has 104 valence electrons. The predicted octanol–water partition coefficient (Wildman–Crippen LogP) is 4.29. The summed E-state index contributed by atoms with van der Waals surface area (Å²) in [5.41, 5.74) is 1.99. The molecule has 0 atom stereocenters. The summed E-state index contributed by atoms with van der Waals surface area (Å²) in [6, 6.07) is 10.5. The van der Waals surface area contributed by atoms with Gasteiger partial charge >= 0.3 is 6.18 Å². The predicted molar refractivity (Wildman–Crippen MR) is 69.1 cm³/mol. The Morgan fingerprint density at radius 3 is 2.45 bits per heavy atom. The fourth-order valence-electron chi connectivity index (χ4n) is 1.60. The Morgan fingerprint density at radius 2 is 1.75 bits per heavy atom. The summed E-state index contributed by atoms with van der Waals surface area (Å²) in [7, 11) is 0. The van der Waals surface area contributed by atoms with Crippen LogP contribution < -0.4 is 5.43 Å². The van der Waals surface area contributed by atoms with Crippen molar-refractivity contribution in [3.8, 4) is 0 Å². The second-order valence-electron chi connectivity index (χ2n) is 3.97. The van der Waals surface area contributed by atoms with Crippen molar-refractivity contribution in [3.05, 3.63) is 65.5 Å². The molecule has 0 bridgehead atoms. The summed E-state index contributed by atoms with van der Waals surface area (Å²) >= 11 is 0. The maximum Gasteiger partial charge on any atom is 0.417 e. The first-order valence-corrected chi connectivity index (χ1v) is 5.68. The lowest BCUT2D eigenvalue weighted by Crippen LogP contribution is -2.08. The molecule has 2 nitrogen and oxygen atoms in total. The van der Waals surface area contributed by atoms with Crippen molar-refractivity contribution in [2.75, 3.05) is 5.43 Å². The molecular formula is C14H10F4N2. The van der Waals surface area contributed by atoms with Gasteiger partial charge < -0.3 is 0 Å². The van der Waals surface area contributed by atoms with Crippen LogP contribution in [0.1, 0.15) is 11.1 Å². The summed E-state index contributed by atoms with van der Waals surface area (Å²) in [6.45, 7) is 0. The number of nitrogens with zero attached hydrogens (tertiary/aromatic N) is 1. The fourth-order valence-corrected chi connectivity index (χ4v) is 1.60. The monoisotopic (exact) mass is 282 g/mol. The van der Waals surface area contributed by atoms with Gasteiger partial charge in [-0.3, -0.25) is 5.43 Å². The molecule has 0 aliphatic rings. The average molecular weight is 282 g/mol. The number of rotatable bonds is 3. The Bertz CT molecular complexity index is 621. The smallest absolute Gasteiger partial charge is 0.278 e. The van der Waals surface area contributed by atoms with Crippen LogP contribution in [0.2, 0.25) is 0 Å². The molecular weight excluding hydrogens is 272 g/mol. The number of hydrogen-bond acceptors (Lipinski definition) is 2. The second kappa shape index (κ2) is 5.73. The van der Waals surface area contributed by atoms with E-state index in [0.29, 0.717) is 5.69 Å². The minimum atomic E-state index is -4.44. The molecule has 0 heterocycles. The van der Waals surface area contributed by atoms with Crippen LogP contribution in [0.25, 0.3) is 0 Å². The van der Waals surface area contributed by atoms with Crippen molar-refractivity contribution < 1.29 is 17.6 Å². The Balaban J connectivity index is 2.16. The van der Waals surface area contributed by atoms with Crippen molar-refractivity contribution in [2.24, 2.45) is 5.10 Å². The van der Waals surface area contributed by atoms with Gasteiger partial charge in [-0.2, -0.15) is 18.3 Å². The molecule has 0 saturated heterocycles. The summed E-state index contributed by atoms with van der Waals surface area (Å²) < 4.78 is 51.1. The molecule has 1 N–H and O–H groups in total. The zero-order valence-electron chi connectivity index (χ0n) is 10.2. The van der Waals surface area contributed by atoms with E-state index in [9.17, 15) is 17.6 Å². The lowest BCUT2D eigenvalue weighted by molar-refractivity contribution is -0.137. The number of hydrazone groups is 1. The molecule has 2 rings (SSSR count). The second-order valence-corrected chi connectivity index (χ2v) is 3.97. The molecule has 0 aromatic heterocycles. The Labute approximate surface area is 112 Å². The highest BCUT2D eigenvalue weighted by Crippen LogP contribution is 2.31. The molecule has 2 aromatic rings. The molecule has 0 spiro atoms. The standard InChI is InChI=1S/C14H10F4N2/c15-11-5-3-6-12(8-11)20-19-9-10-4-1-2-7-13(10)14(16,17)18/h1-9,20H/b19-9-. The number of benzene rings is 2. The highest BCUT2D eigenvalue weighted by molar-refractivity contribution is 5.82. The Kier molecular flexibility index (Phi) is 4.02. The van der Waals surface area contributed by atoms with Crippen LogP contribution in [0.3, 0.4) is 0 Å². The number of alkyl halides is 3. The Morgan fingerprint density at radius 1 is 1.00 bits per heavy atom. The maximum atomic E-state index is 12.9. The summed E-state index contributed by atoms with van der Waals surface area (Å²) in [5, 5.41) is 3.69. The minimum Gasteiger partial charge on any atom is -0.278 e. The van der Waals surface area contributed by atoms with Crippen LogP contribution in [0, 0.1) is 5.82 Å². The lowest BCUT2D eigenvalue weighted by Gasteiger charge is -2.09. The van der Waals surface area contributed by atoms with E-state index in [4.69, 9.17) is 0 Å². The van der Waals surface area contributed by atoms with Gasteiger partial charge in [0.2, 0.25) is 0 Å². The van der Waals surface area contributed by atoms with Gasteiger partial charge in [-0.1, -0.05) is 24.3 Å². The molecule has 2 aromatic carbocycles. The highest BCUT2D eigenvalue weighted by atomic mass is 19.4. The van der Waals surface area contributed by atoms with Crippen molar-refractivity contribution in [1.29, 1.82) is 0 Å². The molecule has 0 amide bonds. The van der Waals surface area contributed by atoms with Crippen LogP contribution in [0.5, 0.6) is 0 Å². The number of halogens is 4. The third kappa shape index (κ3) is 3.57. The van der Waals surface area contributed by atoms with E-state index in [1.807, 2.05) is 0 Å². The third-order valence-corrected chi connectivity index (χ3v) is 2.49. The quantitative estimate of drug-likeness (QED) is 0.507. The SMILES string of the molecule is Fc1cccc(N/N=C\c2ccccc2C(F)(F)F)c1. The van der Waals surface area contributed by atoms with Gasteiger partial charge in [0, 0.05) is 5.56 Å². The van der Waals surface area contributed by atoms with Gasteiger partial charge in [0.25, 0.3) is 0 Å². The number of anilines is 1. The molecule has 0 saturated carbocycles. The van der Waals surface area contributed by atoms with Crippen LogP contribution >= 0.6 is 0 Å². The van der Waals surface area contributed by atoms with E-state index in [2.05, 4.69) is 10.5 Å². The fraction of sp³-hybridized carbons (Fsp3) is 0.0714. The van der Waals surface area contributed by atoms with E-state index in [1.54, 1.807) is 6.07 Å². The normalized spacial score (nSPS) is 11.8. The van der Waals surface area contributed by atoms with Gasteiger partial charge in [-0.05, 0) is 24.3 Å². The number of nitrogens with one attached hydrogen (secondary N) is 1. The van der Waals surface area contributed by atoms with Crippen LogP contribution in [0.15, 0.2) is 53.6 Å². The molecule has 0 aliphatic carbocycles. The van der Waals surface area contributed by atoms with Crippen molar-refractivity contribution >= 4 is 11.9 Å². The van der Waals surface area contributed by atoms with Crippen LogP contribution in [-0.4, -0.2) is 6.21 Å². The van der Waals surface area contributed by atoms with E-state index in [-0.39, 0.29) is 5.56 Å². The first kappa shape index (κ1) is 14.0. The zero-order valence-corrected chi connectivity index (χ0v) is 10.2. The van der Waals surface area contributed by atoms with Crippen LogP contribution in [0.4, 0.5) is 23.2 Å². The third-order valence-electron chi connectivity index (χ3n) is 2.49. The molecule has 0 unspecified atom stereocenters. The molecule has 0 radical (unpaired) electrons. The average Bonchev–Trinajstić information content (AvgIpc) is 2.38. The topological polar surface area (TPSA) is 24.4 Å². The van der Waals surface area contributed by atoms with E-state index in [0.717, 1.165) is 12.3 Å². The molecule has 0 fully saturated rings. The van der Waals surface area contributed by atoms with E-state index in [1.165, 1.54) is 36.4 Å². The molecule has 0 aliphatic heterocycles. The zero-order chi connectivity index (χ0) is 14.6. The van der Waals surface area contributed by atoms with Crippen molar-refractivity contribution in [2.45, 2.75) is 6.18 Å². The maximum absolute atomic E-state index is 12.9. The minimum absolute atomic E-state index is 0.0658. The molecule has 20 heavy (non-hydrogen) atoms.